The van der Waals surface area contributed by atoms with Gasteiger partial charge in [0.1, 0.15) is 5.82 Å². The lowest BCUT2D eigenvalue weighted by atomic mass is 9.99. The minimum Gasteiger partial charge on any atom is -0.353 e. The Morgan fingerprint density at radius 2 is 1.47 bits per heavy atom. The largest absolute Gasteiger partial charge is 0.353 e. The maximum absolute atomic E-state index is 14.0. The van der Waals surface area contributed by atoms with Gasteiger partial charge in [0.05, 0.1) is 16.6 Å². The topological polar surface area (TPSA) is 66.5 Å². The van der Waals surface area contributed by atoms with Gasteiger partial charge in [0, 0.05) is 25.9 Å². The smallest absolute Gasteiger partial charge is 0.259 e. The number of hydrogen-bond acceptors (Lipinski definition) is 3. The van der Waals surface area contributed by atoms with Crippen molar-refractivity contribution in [2.75, 3.05) is 13.1 Å². The molecule has 0 aliphatic carbocycles. The highest BCUT2D eigenvalue weighted by Crippen LogP contribution is 2.33. The van der Waals surface area contributed by atoms with Crippen LogP contribution in [-0.4, -0.2) is 38.9 Å². The molecule has 1 saturated heterocycles. The average Bonchev–Trinajstić information content (AvgIpc) is 2.93. The van der Waals surface area contributed by atoms with Gasteiger partial charge in [-0.1, -0.05) is 85.6 Å². The van der Waals surface area contributed by atoms with Crippen LogP contribution in [0.2, 0.25) is 0 Å². The van der Waals surface area contributed by atoms with Crippen molar-refractivity contribution in [1.82, 2.24) is 10.2 Å². The van der Waals surface area contributed by atoms with Gasteiger partial charge < -0.3 is 10.2 Å². The fraction of sp³-hybridized carbons (Fsp3) is 0.355. The number of unbranched alkanes of at least 4 members (excludes halogenated alkanes) is 3. The summed E-state index contributed by atoms with van der Waals surface area (Å²) in [5, 5.41) is 3.03. The number of halogens is 1. The fourth-order valence-electron chi connectivity index (χ4n) is 4.82. The summed E-state index contributed by atoms with van der Waals surface area (Å²) in [7, 11) is -1.66. The third-order valence-corrected chi connectivity index (χ3v) is 8.93. The molecular formula is C31H35FN2O3S. The van der Waals surface area contributed by atoms with E-state index in [9.17, 15) is 18.2 Å². The molecule has 3 aromatic rings. The normalized spacial score (nSPS) is 15.4. The highest BCUT2D eigenvalue weighted by Gasteiger charge is 2.54. The van der Waals surface area contributed by atoms with Crippen LogP contribution in [0, 0.1) is 5.82 Å². The van der Waals surface area contributed by atoms with Crippen molar-refractivity contribution < 1.29 is 18.2 Å². The minimum atomic E-state index is -1.66. The van der Waals surface area contributed by atoms with Gasteiger partial charge in [-0.05, 0) is 48.1 Å². The van der Waals surface area contributed by atoms with Gasteiger partial charge in [-0.15, -0.1) is 0 Å². The van der Waals surface area contributed by atoms with Crippen molar-refractivity contribution in [2.45, 2.75) is 55.6 Å². The quantitative estimate of drug-likeness (QED) is 0.229. The van der Waals surface area contributed by atoms with Crippen LogP contribution in [-0.2, 0) is 39.0 Å². The monoisotopic (exact) mass is 534 g/mol. The second-order valence-corrected chi connectivity index (χ2v) is 11.4. The molecular weight excluding hydrogens is 499 g/mol. The molecule has 1 N–H and O–H groups in total. The molecule has 38 heavy (non-hydrogen) atoms. The predicted octanol–water partition coefficient (Wildman–Crippen LogP) is 5.17. The number of nitrogens with zero attached hydrogens (tertiary/aromatic N) is 1. The van der Waals surface area contributed by atoms with Crippen LogP contribution in [0.25, 0.3) is 0 Å². The van der Waals surface area contributed by atoms with Crippen LogP contribution in [0.4, 0.5) is 4.39 Å². The van der Waals surface area contributed by atoms with E-state index in [1.54, 1.807) is 0 Å². The predicted molar refractivity (Wildman–Crippen MR) is 149 cm³/mol. The molecule has 7 heteroatoms. The molecule has 4 rings (SSSR count). The first-order chi connectivity index (χ1) is 18.5. The Kier molecular flexibility index (Phi) is 9.82. The molecule has 1 fully saturated rings. The average molecular weight is 535 g/mol. The third kappa shape index (κ3) is 6.95. The summed E-state index contributed by atoms with van der Waals surface area (Å²) in [5.41, 5.74) is 2.85. The molecule has 3 aromatic carbocycles. The van der Waals surface area contributed by atoms with E-state index >= 15 is 0 Å². The van der Waals surface area contributed by atoms with E-state index in [1.165, 1.54) is 17.0 Å². The Bertz CT molecular complexity index is 1220. The van der Waals surface area contributed by atoms with E-state index in [-0.39, 0.29) is 29.8 Å². The number of rotatable bonds is 14. The van der Waals surface area contributed by atoms with Gasteiger partial charge in [0.25, 0.3) is 5.91 Å². The second-order valence-electron chi connectivity index (χ2n) is 9.76. The van der Waals surface area contributed by atoms with Crippen LogP contribution >= 0.6 is 0 Å². The Morgan fingerprint density at radius 3 is 2.08 bits per heavy atom. The number of carbonyl (C=O) groups is 2. The zero-order chi connectivity index (χ0) is 26.8. The molecule has 1 heterocycles. The zero-order valence-corrected chi connectivity index (χ0v) is 22.4. The molecule has 0 bridgehead atoms. The van der Waals surface area contributed by atoms with Crippen LogP contribution in [0.3, 0.4) is 0 Å². The maximum atomic E-state index is 14.0. The summed E-state index contributed by atoms with van der Waals surface area (Å²) < 4.78 is 27.1. The van der Waals surface area contributed by atoms with Gasteiger partial charge in [0.2, 0.25) is 10.8 Å². The second kappa shape index (κ2) is 13.5. The molecule has 0 saturated carbocycles. The molecule has 0 radical (unpaired) electrons. The van der Waals surface area contributed by atoms with Crippen LogP contribution in [0.15, 0.2) is 84.9 Å². The lowest BCUT2D eigenvalue weighted by molar-refractivity contribution is -0.151. The summed E-state index contributed by atoms with van der Waals surface area (Å²) in [6.07, 6.45) is 5.15. The van der Waals surface area contributed by atoms with Crippen molar-refractivity contribution >= 4 is 22.6 Å². The van der Waals surface area contributed by atoms with Crippen molar-refractivity contribution in [3.8, 4) is 0 Å². The number of benzene rings is 3. The number of amides is 2. The standard InChI is InChI=1S/C31H35FN2O3S/c32-28-18-16-25(17-19-28)11-5-1-2-10-21-33-30(36)31(34-22-20-29(34)35,23-26-12-6-3-7-13-26)38(37)24-27-14-8-4-9-15-27/h3-4,6-9,12-19H,1-2,5,10-11,20-24H2,(H,33,36). The van der Waals surface area contributed by atoms with Gasteiger partial charge >= 0.3 is 0 Å². The summed E-state index contributed by atoms with van der Waals surface area (Å²) in [5.74, 6) is -0.528. The van der Waals surface area contributed by atoms with Crippen molar-refractivity contribution in [3.63, 3.8) is 0 Å². The van der Waals surface area contributed by atoms with E-state index in [2.05, 4.69) is 5.32 Å². The molecule has 2 atom stereocenters. The van der Waals surface area contributed by atoms with E-state index < -0.39 is 15.7 Å². The summed E-state index contributed by atoms with van der Waals surface area (Å²) >= 11 is 0. The summed E-state index contributed by atoms with van der Waals surface area (Å²) in [6.45, 7) is 0.874. The number of hydrogen-bond donors (Lipinski definition) is 1. The fourth-order valence-corrected chi connectivity index (χ4v) is 6.60. The number of aryl methyl sites for hydroxylation is 1. The Hall–Kier alpha value is -3.32. The molecule has 200 valence electrons. The molecule has 0 spiro atoms. The first kappa shape index (κ1) is 27.7. The van der Waals surface area contributed by atoms with E-state index in [4.69, 9.17) is 0 Å². The first-order valence-electron chi connectivity index (χ1n) is 13.3. The van der Waals surface area contributed by atoms with Crippen molar-refractivity contribution in [3.05, 3.63) is 107 Å². The zero-order valence-electron chi connectivity index (χ0n) is 21.6. The van der Waals surface area contributed by atoms with E-state index in [0.29, 0.717) is 19.5 Å². The highest BCUT2D eigenvalue weighted by atomic mass is 32.2. The van der Waals surface area contributed by atoms with E-state index in [1.807, 2.05) is 72.8 Å². The molecule has 2 unspecified atom stereocenters. The van der Waals surface area contributed by atoms with Gasteiger partial charge in [-0.25, -0.2) is 4.39 Å². The molecule has 0 aromatic heterocycles. The van der Waals surface area contributed by atoms with Crippen molar-refractivity contribution in [1.29, 1.82) is 0 Å². The molecule has 1 aliphatic heterocycles. The van der Waals surface area contributed by atoms with Gasteiger partial charge in [-0.2, -0.15) is 0 Å². The van der Waals surface area contributed by atoms with Crippen molar-refractivity contribution in [2.24, 2.45) is 0 Å². The molecule has 2 amide bonds. The van der Waals surface area contributed by atoms with E-state index in [0.717, 1.165) is 48.8 Å². The Morgan fingerprint density at radius 1 is 0.842 bits per heavy atom. The Labute approximate surface area is 226 Å². The van der Waals surface area contributed by atoms with Crippen LogP contribution < -0.4 is 5.32 Å². The molecule has 5 nitrogen and oxygen atoms in total. The highest BCUT2D eigenvalue weighted by molar-refractivity contribution is 7.86. The van der Waals surface area contributed by atoms with Gasteiger partial charge in [0.15, 0.2) is 0 Å². The number of carbonyl (C=O) groups excluding carboxylic acids is 2. The third-order valence-electron chi connectivity index (χ3n) is 7.04. The van der Waals surface area contributed by atoms with Crippen LogP contribution in [0.5, 0.6) is 0 Å². The lowest BCUT2D eigenvalue weighted by Gasteiger charge is -2.46. The first-order valence-corrected chi connectivity index (χ1v) is 14.6. The summed E-state index contributed by atoms with van der Waals surface area (Å²) in [6, 6.07) is 25.6. The molecule has 1 aliphatic rings. The lowest BCUT2D eigenvalue weighted by Crippen LogP contribution is -2.68. The van der Waals surface area contributed by atoms with Gasteiger partial charge in [-0.3, -0.25) is 13.8 Å². The summed E-state index contributed by atoms with van der Waals surface area (Å²) in [4.78, 5) is 26.6. The number of nitrogens with one attached hydrogen (secondary N) is 1. The number of likely N-dealkylation sites (tertiary alicyclic amines) is 1. The Balaban J connectivity index is 1.41. The minimum absolute atomic E-state index is 0.140. The number of β-lactam (4-membered cyclic amide) rings is 1. The maximum Gasteiger partial charge on any atom is 0.259 e. The van der Waals surface area contributed by atoms with Crippen LogP contribution in [0.1, 0.15) is 48.8 Å². The SMILES string of the molecule is O=C1CCN1C(Cc1ccccc1)(C(=O)NCCCCCCc1ccc(F)cc1)S(=O)Cc1ccccc1.